The van der Waals surface area contributed by atoms with Gasteiger partial charge < -0.3 is 19.3 Å². The van der Waals surface area contributed by atoms with Gasteiger partial charge >= 0.3 is 0 Å². The lowest BCUT2D eigenvalue weighted by molar-refractivity contribution is 0.248. The van der Waals surface area contributed by atoms with Gasteiger partial charge in [0.15, 0.2) is 5.17 Å². The molecule has 0 radical (unpaired) electrons. The average molecular weight is 439 g/mol. The molecule has 3 aliphatic heterocycles. The average Bonchev–Trinajstić information content (AvgIpc) is 3.55. The van der Waals surface area contributed by atoms with Crippen molar-refractivity contribution in [2.75, 3.05) is 38.0 Å². The maximum absolute atomic E-state index is 5.97. The van der Waals surface area contributed by atoms with Gasteiger partial charge in [-0.05, 0) is 37.5 Å². The Morgan fingerprint density at radius 1 is 1.10 bits per heavy atom. The number of pyridine rings is 1. The van der Waals surface area contributed by atoms with Crippen molar-refractivity contribution in [1.82, 2.24) is 9.88 Å². The van der Waals surface area contributed by atoms with Crippen LogP contribution < -0.4 is 14.4 Å². The van der Waals surface area contributed by atoms with Crippen LogP contribution >= 0.6 is 11.8 Å². The van der Waals surface area contributed by atoms with Gasteiger partial charge in [-0.15, -0.1) is 0 Å². The molecule has 6 nitrogen and oxygen atoms in total. The minimum atomic E-state index is -0.0608. The van der Waals surface area contributed by atoms with Gasteiger partial charge in [0.25, 0.3) is 0 Å². The normalized spacial score (nSPS) is 25.0. The van der Waals surface area contributed by atoms with Gasteiger partial charge in [0.05, 0.1) is 31.6 Å². The molecule has 0 saturated carbocycles. The van der Waals surface area contributed by atoms with E-state index in [2.05, 4.69) is 39.9 Å². The highest BCUT2D eigenvalue weighted by atomic mass is 32.2. The van der Waals surface area contributed by atoms with E-state index in [4.69, 9.17) is 14.5 Å². The number of anilines is 1. The molecule has 2 aromatic rings. The van der Waals surface area contributed by atoms with Gasteiger partial charge in [0, 0.05) is 42.7 Å². The molecule has 0 aliphatic carbocycles. The molecule has 0 amide bonds. The number of rotatable bonds is 6. The van der Waals surface area contributed by atoms with Gasteiger partial charge in [-0.1, -0.05) is 24.8 Å². The van der Waals surface area contributed by atoms with Crippen LogP contribution in [0.2, 0.25) is 0 Å². The highest BCUT2D eigenvalue weighted by Gasteiger charge is 2.46. The van der Waals surface area contributed by atoms with Crippen LogP contribution in [-0.2, 0) is 0 Å². The van der Waals surface area contributed by atoms with Crippen molar-refractivity contribution in [2.24, 2.45) is 4.99 Å². The number of amidine groups is 1. The third-order valence-corrected chi connectivity index (χ3v) is 7.75. The molecule has 3 aliphatic rings. The number of aliphatic imine (C=N–C) groups is 1. The number of benzene rings is 1. The summed E-state index contributed by atoms with van der Waals surface area (Å²) in [6.07, 6.45) is 5.38. The first-order chi connectivity index (χ1) is 15.2. The van der Waals surface area contributed by atoms with Crippen LogP contribution in [0.5, 0.6) is 11.5 Å². The van der Waals surface area contributed by atoms with Crippen LogP contribution in [0.15, 0.2) is 41.5 Å². The van der Waals surface area contributed by atoms with Crippen LogP contribution in [-0.4, -0.2) is 54.2 Å². The van der Waals surface area contributed by atoms with Crippen molar-refractivity contribution in [3.63, 3.8) is 0 Å². The molecule has 164 valence electrons. The summed E-state index contributed by atoms with van der Waals surface area (Å²) in [6, 6.07) is 10.9. The summed E-state index contributed by atoms with van der Waals surface area (Å²) in [5.74, 6) is 2.88. The van der Waals surface area contributed by atoms with Crippen molar-refractivity contribution in [3.8, 4) is 11.5 Å². The smallest absolute Gasteiger partial charge is 0.160 e. The van der Waals surface area contributed by atoms with Crippen molar-refractivity contribution in [3.05, 3.63) is 47.8 Å². The Morgan fingerprint density at radius 3 is 2.58 bits per heavy atom. The molecule has 0 unspecified atom stereocenters. The van der Waals surface area contributed by atoms with Crippen molar-refractivity contribution in [1.29, 1.82) is 0 Å². The maximum Gasteiger partial charge on any atom is 0.160 e. The predicted molar refractivity (Wildman–Crippen MR) is 127 cm³/mol. The number of ether oxygens (including phenoxy) is 2. The van der Waals surface area contributed by atoms with E-state index < -0.39 is 0 Å². The molecule has 0 spiro atoms. The summed E-state index contributed by atoms with van der Waals surface area (Å²) in [5, 5.41) is 1.12. The van der Waals surface area contributed by atoms with E-state index in [1.807, 2.05) is 30.1 Å². The van der Waals surface area contributed by atoms with E-state index in [0.717, 1.165) is 58.9 Å². The second kappa shape index (κ2) is 8.61. The molecule has 5 rings (SSSR count). The fourth-order valence-electron chi connectivity index (χ4n) is 5.03. The Bertz CT molecular complexity index is 962. The van der Waals surface area contributed by atoms with Gasteiger partial charge in [-0.2, -0.15) is 0 Å². The lowest BCUT2D eigenvalue weighted by Crippen LogP contribution is -2.35. The Morgan fingerprint density at radius 2 is 1.90 bits per heavy atom. The number of hydrogen-bond acceptors (Lipinski definition) is 7. The van der Waals surface area contributed by atoms with E-state index in [0.29, 0.717) is 6.04 Å². The lowest BCUT2D eigenvalue weighted by atomic mass is 9.93. The van der Waals surface area contributed by atoms with Gasteiger partial charge in [-0.25, -0.2) is 0 Å². The second-order valence-corrected chi connectivity index (χ2v) is 9.28. The molecule has 3 atom stereocenters. The number of fused-ring (bicyclic) bond motifs is 1. The number of nitrogens with zero attached hydrogens (tertiary/aromatic N) is 4. The summed E-state index contributed by atoms with van der Waals surface area (Å²) in [6.45, 7) is 4.38. The van der Waals surface area contributed by atoms with E-state index in [-0.39, 0.29) is 12.1 Å². The highest BCUT2D eigenvalue weighted by molar-refractivity contribution is 8.14. The van der Waals surface area contributed by atoms with E-state index >= 15 is 0 Å². The van der Waals surface area contributed by atoms with Gasteiger partial charge in [0.1, 0.15) is 17.5 Å². The first-order valence-electron chi connectivity index (χ1n) is 11.2. The summed E-state index contributed by atoms with van der Waals surface area (Å²) in [5.41, 5.74) is 3.24. The first-order valence-corrected chi connectivity index (χ1v) is 12.1. The second-order valence-electron chi connectivity index (χ2n) is 8.30. The Hall–Kier alpha value is -2.41. The molecule has 0 bridgehead atoms. The zero-order valence-corrected chi connectivity index (χ0v) is 19.3. The monoisotopic (exact) mass is 438 g/mol. The van der Waals surface area contributed by atoms with Crippen LogP contribution in [0, 0.1) is 0 Å². The molecule has 4 heterocycles. The van der Waals surface area contributed by atoms with E-state index in [1.54, 1.807) is 14.2 Å². The summed E-state index contributed by atoms with van der Waals surface area (Å²) in [7, 11) is 3.53. The molecule has 0 N–H and O–H groups in total. The number of hydrogen-bond donors (Lipinski definition) is 0. The van der Waals surface area contributed by atoms with Crippen LogP contribution in [0.1, 0.15) is 49.5 Å². The Balaban J connectivity index is 1.63. The third kappa shape index (κ3) is 3.53. The molecule has 31 heavy (non-hydrogen) atoms. The minimum Gasteiger partial charge on any atom is -0.496 e. The lowest BCUT2D eigenvalue weighted by Gasteiger charge is -2.33. The largest absolute Gasteiger partial charge is 0.496 e. The van der Waals surface area contributed by atoms with Crippen molar-refractivity contribution < 1.29 is 9.47 Å². The minimum absolute atomic E-state index is 0.0429. The van der Waals surface area contributed by atoms with Crippen molar-refractivity contribution >= 4 is 22.6 Å². The van der Waals surface area contributed by atoms with E-state index in [9.17, 15) is 0 Å². The van der Waals surface area contributed by atoms with Crippen molar-refractivity contribution in [2.45, 2.75) is 44.3 Å². The molecule has 1 aromatic carbocycles. The molecular weight excluding hydrogens is 408 g/mol. The number of methoxy groups -OCH3 is 2. The van der Waals surface area contributed by atoms with Gasteiger partial charge in [-0.3, -0.25) is 9.98 Å². The highest BCUT2D eigenvalue weighted by Crippen LogP contribution is 2.52. The summed E-state index contributed by atoms with van der Waals surface area (Å²) < 4.78 is 11.9. The zero-order valence-electron chi connectivity index (χ0n) is 18.5. The molecule has 1 aromatic heterocycles. The fraction of sp³-hybridized carbons (Fsp3) is 0.500. The van der Waals surface area contributed by atoms with E-state index in [1.165, 1.54) is 12.8 Å². The molecular formula is C24H30N4O2S. The number of thioether (sulfide) groups is 1. The third-order valence-electron chi connectivity index (χ3n) is 6.63. The predicted octanol–water partition coefficient (Wildman–Crippen LogP) is 4.68. The van der Waals surface area contributed by atoms with Crippen LogP contribution in [0.3, 0.4) is 0 Å². The standard InChI is InChI=1S/C24H30N4O2S/c1-4-16-15-31-24-26-22(18-9-5-6-10-25-18)23(28(16)24)17-13-21(30-3)19(14-20(17)29-2)27-11-7-8-12-27/h5-6,9-10,13-14,16,22-23H,4,7-8,11-12,15H2,1-3H3/t16-,22+,23+/m1/s1. The fourth-order valence-corrected chi connectivity index (χ4v) is 6.37. The quantitative estimate of drug-likeness (QED) is 0.653. The Labute approximate surface area is 188 Å². The zero-order chi connectivity index (χ0) is 21.4. The number of aromatic nitrogens is 1. The maximum atomic E-state index is 5.97. The first kappa shape index (κ1) is 20.5. The Kier molecular flexibility index (Phi) is 5.69. The molecule has 7 heteroatoms. The SMILES string of the molecule is CC[C@@H]1CSC2=N[C@@H](c3ccccn3)[C@H](c3cc(OC)c(N4CCCC4)cc3OC)N21. The topological polar surface area (TPSA) is 50.2 Å². The summed E-state index contributed by atoms with van der Waals surface area (Å²) in [4.78, 5) is 14.7. The van der Waals surface area contributed by atoms with Crippen LogP contribution in [0.4, 0.5) is 5.69 Å². The summed E-state index contributed by atoms with van der Waals surface area (Å²) >= 11 is 1.86. The molecule has 2 fully saturated rings. The van der Waals surface area contributed by atoms with Crippen LogP contribution in [0.25, 0.3) is 0 Å². The van der Waals surface area contributed by atoms with Gasteiger partial charge in [0.2, 0.25) is 0 Å². The molecule has 2 saturated heterocycles.